The van der Waals surface area contributed by atoms with Crippen molar-refractivity contribution in [2.45, 2.75) is 12.5 Å². The fourth-order valence-electron chi connectivity index (χ4n) is 2.70. The van der Waals surface area contributed by atoms with Crippen LogP contribution in [0.15, 0.2) is 42.5 Å². The molecule has 180 valence electrons. The van der Waals surface area contributed by atoms with E-state index < -0.39 is 48.6 Å². The molecule has 0 aliphatic heterocycles. The second-order valence-corrected chi connectivity index (χ2v) is 7.01. The van der Waals surface area contributed by atoms with E-state index in [0.29, 0.717) is 11.3 Å². The van der Waals surface area contributed by atoms with Gasteiger partial charge in [0.15, 0.2) is 17.5 Å². The third-order valence-electron chi connectivity index (χ3n) is 4.34. The Morgan fingerprint density at radius 2 is 1.65 bits per heavy atom. The highest BCUT2D eigenvalue weighted by molar-refractivity contribution is 6.06. The minimum Gasteiger partial charge on any atom is -0.504 e. The summed E-state index contributed by atoms with van der Waals surface area (Å²) in [5.41, 5.74) is 6.18. The van der Waals surface area contributed by atoms with Gasteiger partial charge in [-0.25, -0.2) is 0 Å². The Hall–Kier alpha value is -4.65. The van der Waals surface area contributed by atoms with Gasteiger partial charge in [-0.15, -0.1) is 0 Å². The number of aromatic hydroxyl groups is 2. The van der Waals surface area contributed by atoms with Gasteiger partial charge >= 0.3 is 0 Å². The average molecular weight is 472 g/mol. The Morgan fingerprint density at radius 1 is 0.971 bits per heavy atom. The Morgan fingerprint density at radius 3 is 2.24 bits per heavy atom. The summed E-state index contributed by atoms with van der Waals surface area (Å²) in [6.45, 7) is -1.34. The van der Waals surface area contributed by atoms with Crippen LogP contribution < -0.4 is 27.0 Å². The van der Waals surface area contributed by atoms with Crippen LogP contribution in [0.4, 0.5) is 5.69 Å². The third-order valence-corrected chi connectivity index (χ3v) is 4.34. The van der Waals surface area contributed by atoms with E-state index in [0.717, 1.165) is 0 Å². The van der Waals surface area contributed by atoms with Crippen LogP contribution in [0.5, 0.6) is 11.5 Å². The van der Waals surface area contributed by atoms with Crippen molar-refractivity contribution in [3.05, 3.63) is 53.6 Å². The van der Waals surface area contributed by atoms with Gasteiger partial charge in [-0.3, -0.25) is 29.9 Å². The van der Waals surface area contributed by atoms with Crippen LogP contribution in [0.1, 0.15) is 15.9 Å². The van der Waals surface area contributed by atoms with E-state index in [-0.39, 0.29) is 23.7 Å². The first-order valence-corrected chi connectivity index (χ1v) is 9.83. The molecule has 0 saturated heterocycles. The van der Waals surface area contributed by atoms with Gasteiger partial charge in [-0.2, -0.15) is 0 Å². The Labute approximate surface area is 193 Å². The summed E-state index contributed by atoms with van der Waals surface area (Å²) in [5, 5.41) is 44.4. The van der Waals surface area contributed by atoms with Crippen molar-refractivity contribution in [1.29, 1.82) is 5.41 Å². The predicted molar refractivity (Wildman–Crippen MR) is 120 cm³/mol. The first kappa shape index (κ1) is 25.6. The van der Waals surface area contributed by atoms with Crippen LogP contribution in [0, 0.1) is 5.41 Å². The fraction of sp³-hybridized carbons (Fsp3) is 0.190. The number of rotatable bonds is 9. The minimum atomic E-state index is -1.36. The number of carbonyl (C=O) groups excluding carboxylic acids is 4. The maximum Gasteiger partial charge on any atom is 0.257 e. The molecule has 10 N–H and O–H groups in total. The summed E-state index contributed by atoms with van der Waals surface area (Å²) in [7, 11) is 0. The molecule has 2 aromatic rings. The zero-order valence-electron chi connectivity index (χ0n) is 17.8. The number of aliphatic hydroxyl groups excluding tert-OH is 1. The van der Waals surface area contributed by atoms with Crippen molar-refractivity contribution >= 4 is 35.3 Å². The number of guanidine groups is 1. The average Bonchev–Trinajstić information content (AvgIpc) is 2.78. The minimum absolute atomic E-state index is 0.148. The third kappa shape index (κ3) is 7.80. The number of benzene rings is 2. The normalized spacial score (nSPS) is 11.1. The quantitative estimate of drug-likeness (QED) is 0.117. The molecule has 0 aliphatic carbocycles. The maximum absolute atomic E-state index is 12.2. The van der Waals surface area contributed by atoms with Gasteiger partial charge in [0.05, 0.1) is 19.6 Å². The molecule has 13 heteroatoms. The summed E-state index contributed by atoms with van der Waals surface area (Å²) in [6.07, 6.45) is -0.243. The van der Waals surface area contributed by atoms with E-state index in [1.54, 1.807) is 0 Å². The van der Waals surface area contributed by atoms with Crippen molar-refractivity contribution in [1.82, 2.24) is 16.0 Å². The van der Waals surface area contributed by atoms with E-state index >= 15 is 0 Å². The molecule has 34 heavy (non-hydrogen) atoms. The van der Waals surface area contributed by atoms with Crippen LogP contribution in [-0.2, 0) is 20.8 Å². The lowest BCUT2D eigenvalue weighted by atomic mass is 10.1. The summed E-state index contributed by atoms with van der Waals surface area (Å²) in [4.78, 5) is 48.4. The van der Waals surface area contributed by atoms with E-state index in [1.165, 1.54) is 42.5 Å². The number of carbonyl (C=O) groups is 4. The maximum atomic E-state index is 12.2. The summed E-state index contributed by atoms with van der Waals surface area (Å²) < 4.78 is 0. The molecule has 0 heterocycles. The van der Waals surface area contributed by atoms with Crippen molar-refractivity contribution < 1.29 is 34.5 Å². The molecule has 2 rings (SSSR count). The lowest BCUT2D eigenvalue weighted by Gasteiger charge is -2.16. The number of nitrogens with one attached hydrogen (secondary N) is 5. The Bertz CT molecular complexity index is 1090. The monoisotopic (exact) mass is 472 g/mol. The highest BCUT2D eigenvalue weighted by atomic mass is 16.3. The molecule has 0 unspecified atom stereocenters. The fourth-order valence-corrected chi connectivity index (χ4v) is 2.70. The molecule has 0 spiro atoms. The molecule has 0 aromatic heterocycles. The molecule has 0 bridgehead atoms. The number of nitrogens with two attached hydrogens (primary N) is 1. The molecule has 0 saturated carbocycles. The lowest BCUT2D eigenvalue weighted by molar-refractivity contribution is -0.130. The van der Waals surface area contributed by atoms with Crippen molar-refractivity contribution in [2.24, 2.45) is 5.73 Å². The number of anilines is 1. The van der Waals surface area contributed by atoms with Crippen LogP contribution in [-0.4, -0.2) is 64.1 Å². The topological polar surface area (TPSA) is 227 Å². The van der Waals surface area contributed by atoms with Crippen LogP contribution in [0.2, 0.25) is 0 Å². The number of imide groups is 1. The second kappa shape index (κ2) is 11.8. The molecule has 2 aromatic carbocycles. The first-order chi connectivity index (χ1) is 16.1. The van der Waals surface area contributed by atoms with Gasteiger partial charge in [0.1, 0.15) is 6.04 Å². The van der Waals surface area contributed by atoms with Gasteiger partial charge in [-0.1, -0.05) is 6.07 Å². The largest absolute Gasteiger partial charge is 0.504 e. The van der Waals surface area contributed by atoms with Gasteiger partial charge in [0, 0.05) is 11.3 Å². The number of phenolic OH excluding ortho intramolecular Hbond substituents is 2. The van der Waals surface area contributed by atoms with Crippen molar-refractivity contribution in [3.8, 4) is 11.5 Å². The van der Waals surface area contributed by atoms with Gasteiger partial charge in [0.25, 0.3) is 5.91 Å². The highest BCUT2D eigenvalue weighted by Gasteiger charge is 2.21. The van der Waals surface area contributed by atoms with E-state index in [9.17, 15) is 34.5 Å². The summed E-state index contributed by atoms with van der Waals surface area (Å²) >= 11 is 0. The molecule has 1 atom stereocenters. The number of aliphatic hydroxyl groups is 1. The zero-order chi connectivity index (χ0) is 25.3. The lowest BCUT2D eigenvalue weighted by Crippen LogP contribution is -2.51. The van der Waals surface area contributed by atoms with Gasteiger partial charge in [-0.05, 0) is 42.0 Å². The van der Waals surface area contributed by atoms with Crippen molar-refractivity contribution in [2.75, 3.05) is 18.5 Å². The zero-order valence-corrected chi connectivity index (χ0v) is 17.8. The molecule has 13 nitrogen and oxygen atoms in total. The number of hydrogen-bond acceptors (Lipinski definition) is 8. The van der Waals surface area contributed by atoms with E-state index in [1.807, 2.05) is 0 Å². The molecular formula is C21H24N6O7. The number of hydrogen-bond donors (Lipinski definition) is 9. The molecule has 0 fully saturated rings. The smallest absolute Gasteiger partial charge is 0.257 e. The summed E-state index contributed by atoms with van der Waals surface area (Å²) in [6, 6.07) is 8.19. The second-order valence-electron chi connectivity index (χ2n) is 7.01. The Kier molecular flexibility index (Phi) is 8.91. The molecule has 0 aliphatic rings. The predicted octanol–water partition coefficient (Wildman–Crippen LogP) is -1.50. The van der Waals surface area contributed by atoms with E-state index in [4.69, 9.17) is 11.1 Å². The Balaban J connectivity index is 1.82. The highest BCUT2D eigenvalue weighted by Crippen LogP contribution is 2.24. The van der Waals surface area contributed by atoms with Crippen LogP contribution >= 0.6 is 0 Å². The molecular weight excluding hydrogens is 448 g/mol. The van der Waals surface area contributed by atoms with Crippen LogP contribution in [0.3, 0.4) is 0 Å². The van der Waals surface area contributed by atoms with Crippen LogP contribution in [0.25, 0.3) is 0 Å². The van der Waals surface area contributed by atoms with Gasteiger partial charge in [0.2, 0.25) is 17.7 Å². The number of phenols is 2. The standard InChI is InChI=1S/C21H24N6O7/c22-21(23)25-13-4-2-12(3-5-13)19(33)27-18(32)9-24-20(34)14(10-28)26-17(31)8-11-1-6-15(29)16(30)7-11/h1-7,14,28-30H,8-10H2,(H,24,34)(H,26,31)(H4,22,23,25)(H,27,32,33)/t14-/m0/s1. The number of amides is 4. The summed E-state index contributed by atoms with van der Waals surface area (Å²) in [5.74, 6) is -4.10. The first-order valence-electron chi connectivity index (χ1n) is 9.83. The van der Waals surface area contributed by atoms with Crippen molar-refractivity contribution in [3.63, 3.8) is 0 Å². The molecule has 0 radical (unpaired) electrons. The van der Waals surface area contributed by atoms with E-state index in [2.05, 4.69) is 21.3 Å². The van der Waals surface area contributed by atoms with Gasteiger partial charge < -0.3 is 37.0 Å². The SMILES string of the molecule is N=C(N)Nc1ccc(C(=O)NC(=O)CNC(=O)[C@H](CO)NC(=O)Cc2ccc(O)c(O)c2)cc1. The molecule has 4 amide bonds.